The smallest absolute Gasteiger partial charge is 0.314 e. The third kappa shape index (κ3) is 4.05. The Kier molecular flexibility index (Phi) is 6.02. The van der Waals surface area contributed by atoms with Gasteiger partial charge < -0.3 is 5.11 Å². The Labute approximate surface area is 116 Å². The van der Waals surface area contributed by atoms with E-state index < -0.39 is 11.9 Å². The Morgan fingerprint density at radius 1 is 1.21 bits per heavy atom. The minimum absolute atomic E-state index is 0.0281. The summed E-state index contributed by atoms with van der Waals surface area (Å²) in [6.07, 6.45) is 4.24. The maximum Gasteiger partial charge on any atom is 0.314 e. The fourth-order valence-corrected chi connectivity index (χ4v) is 3.62. The maximum atomic E-state index is 12.2. The fraction of sp³-hybridized carbons (Fsp3) is 0.875. The van der Waals surface area contributed by atoms with Gasteiger partial charge in [0.2, 0.25) is 0 Å². The van der Waals surface area contributed by atoms with E-state index in [1.807, 2.05) is 6.92 Å². The molecule has 4 unspecified atom stereocenters. The largest absolute Gasteiger partial charge is 0.481 e. The Morgan fingerprint density at radius 3 is 2.32 bits per heavy atom. The molecule has 0 aromatic heterocycles. The highest BCUT2D eigenvalue weighted by Gasteiger charge is 2.42. The van der Waals surface area contributed by atoms with Gasteiger partial charge in [0, 0.05) is 6.42 Å². The lowest BCUT2D eigenvalue weighted by molar-refractivity contribution is -0.151. The summed E-state index contributed by atoms with van der Waals surface area (Å²) in [4.78, 5) is 23.7. The first-order valence-corrected chi connectivity index (χ1v) is 7.63. The summed E-state index contributed by atoms with van der Waals surface area (Å²) in [5.41, 5.74) is 0. The molecule has 0 aliphatic heterocycles. The van der Waals surface area contributed by atoms with Crippen molar-refractivity contribution in [2.24, 2.45) is 29.6 Å². The highest BCUT2D eigenvalue weighted by molar-refractivity contribution is 5.98. The second-order valence-electron chi connectivity index (χ2n) is 6.52. The van der Waals surface area contributed by atoms with Crippen molar-refractivity contribution in [2.45, 2.75) is 59.8 Å². The van der Waals surface area contributed by atoms with E-state index in [1.54, 1.807) is 0 Å². The molecule has 1 rings (SSSR count). The maximum absolute atomic E-state index is 12.2. The van der Waals surface area contributed by atoms with E-state index in [-0.39, 0.29) is 11.7 Å². The number of carbonyl (C=O) groups excluding carboxylic acids is 1. The Morgan fingerprint density at radius 2 is 1.84 bits per heavy atom. The molecule has 1 N–H and O–H groups in total. The molecule has 110 valence electrons. The van der Waals surface area contributed by atoms with Gasteiger partial charge in [0.1, 0.15) is 11.7 Å². The lowest BCUT2D eigenvalue weighted by atomic mass is 9.64. The molecule has 0 spiro atoms. The van der Waals surface area contributed by atoms with Gasteiger partial charge in [-0.3, -0.25) is 9.59 Å². The van der Waals surface area contributed by atoms with Gasteiger partial charge in [0.15, 0.2) is 0 Å². The number of carboxylic acids is 1. The zero-order valence-corrected chi connectivity index (χ0v) is 12.7. The van der Waals surface area contributed by atoms with Gasteiger partial charge in [-0.1, -0.05) is 34.1 Å². The molecule has 4 atom stereocenters. The van der Waals surface area contributed by atoms with Crippen molar-refractivity contribution < 1.29 is 14.7 Å². The molecule has 0 amide bonds. The molecule has 1 aliphatic carbocycles. The third-order valence-corrected chi connectivity index (χ3v) is 4.61. The monoisotopic (exact) mass is 268 g/mol. The number of Topliss-reactive ketones (excluding diaryl/α,β-unsaturated/α-hetero) is 1. The highest BCUT2D eigenvalue weighted by atomic mass is 16.4. The number of aliphatic carboxylic acids is 1. The number of ketones is 1. The van der Waals surface area contributed by atoms with Crippen LogP contribution in [0.4, 0.5) is 0 Å². The first-order valence-electron chi connectivity index (χ1n) is 7.63. The van der Waals surface area contributed by atoms with Crippen LogP contribution in [0.3, 0.4) is 0 Å². The van der Waals surface area contributed by atoms with Gasteiger partial charge in [-0.05, 0) is 42.9 Å². The van der Waals surface area contributed by atoms with E-state index in [4.69, 9.17) is 0 Å². The number of hydrogen-bond donors (Lipinski definition) is 1. The summed E-state index contributed by atoms with van der Waals surface area (Å²) in [6.45, 7) is 8.40. The summed E-state index contributed by atoms with van der Waals surface area (Å²) in [5.74, 6) is -0.374. The lowest BCUT2D eigenvalue weighted by Crippen LogP contribution is -2.40. The van der Waals surface area contributed by atoms with Gasteiger partial charge in [-0.2, -0.15) is 0 Å². The normalized spacial score (nSPS) is 29.2. The van der Waals surface area contributed by atoms with Crippen molar-refractivity contribution in [3.05, 3.63) is 0 Å². The zero-order valence-electron chi connectivity index (χ0n) is 12.7. The SMILES string of the molecule is CCCC(=O)C(C(=O)O)C1CC(C)CCC1C(C)C. The van der Waals surface area contributed by atoms with Gasteiger partial charge in [-0.25, -0.2) is 0 Å². The van der Waals surface area contributed by atoms with Crippen molar-refractivity contribution in [3.8, 4) is 0 Å². The van der Waals surface area contributed by atoms with Crippen molar-refractivity contribution in [3.63, 3.8) is 0 Å². The van der Waals surface area contributed by atoms with Crippen LogP contribution in [0.5, 0.6) is 0 Å². The van der Waals surface area contributed by atoms with Crippen LogP contribution in [-0.2, 0) is 9.59 Å². The van der Waals surface area contributed by atoms with E-state index in [0.717, 1.165) is 25.7 Å². The molecule has 0 heterocycles. The minimum Gasteiger partial charge on any atom is -0.481 e. The van der Waals surface area contributed by atoms with Gasteiger partial charge in [0.05, 0.1) is 0 Å². The topological polar surface area (TPSA) is 54.4 Å². The van der Waals surface area contributed by atoms with Crippen LogP contribution in [-0.4, -0.2) is 16.9 Å². The number of carboxylic acid groups (broad SMARTS) is 1. The van der Waals surface area contributed by atoms with Crippen LogP contribution < -0.4 is 0 Å². The van der Waals surface area contributed by atoms with Gasteiger partial charge in [0.25, 0.3) is 0 Å². The van der Waals surface area contributed by atoms with Crippen LogP contribution in [0.2, 0.25) is 0 Å². The van der Waals surface area contributed by atoms with Gasteiger partial charge >= 0.3 is 5.97 Å². The molecule has 0 aromatic carbocycles. The molecule has 3 heteroatoms. The molecule has 0 radical (unpaired) electrons. The first kappa shape index (κ1) is 16.2. The highest BCUT2D eigenvalue weighted by Crippen LogP contribution is 2.42. The lowest BCUT2D eigenvalue weighted by Gasteiger charge is -2.39. The summed E-state index contributed by atoms with van der Waals surface area (Å²) in [7, 11) is 0. The summed E-state index contributed by atoms with van der Waals surface area (Å²) in [5, 5.41) is 9.49. The van der Waals surface area contributed by atoms with Crippen LogP contribution in [0.15, 0.2) is 0 Å². The standard InChI is InChI=1S/C16H28O3/c1-5-6-14(17)15(16(18)19)13-9-11(4)7-8-12(13)10(2)3/h10-13,15H,5-9H2,1-4H3,(H,18,19). The first-order chi connectivity index (χ1) is 8.88. The molecule has 19 heavy (non-hydrogen) atoms. The zero-order chi connectivity index (χ0) is 14.6. The second kappa shape index (κ2) is 7.06. The fourth-order valence-electron chi connectivity index (χ4n) is 3.62. The van der Waals surface area contributed by atoms with Gasteiger partial charge in [-0.15, -0.1) is 0 Å². The molecule has 0 aromatic rings. The Hall–Kier alpha value is -0.860. The average Bonchev–Trinajstić information content (AvgIpc) is 2.28. The van der Waals surface area contributed by atoms with E-state index in [1.165, 1.54) is 0 Å². The Bertz CT molecular complexity index is 322. The van der Waals surface area contributed by atoms with Crippen molar-refractivity contribution in [2.75, 3.05) is 0 Å². The minimum atomic E-state index is -0.914. The molecule has 0 saturated heterocycles. The van der Waals surface area contributed by atoms with Crippen molar-refractivity contribution in [1.29, 1.82) is 0 Å². The predicted molar refractivity (Wildman–Crippen MR) is 75.9 cm³/mol. The van der Waals surface area contributed by atoms with E-state index in [9.17, 15) is 14.7 Å². The Balaban J connectivity index is 2.95. The average molecular weight is 268 g/mol. The van der Waals surface area contributed by atoms with Crippen LogP contribution in [0, 0.1) is 29.6 Å². The molecular weight excluding hydrogens is 240 g/mol. The van der Waals surface area contributed by atoms with Crippen LogP contribution in [0.25, 0.3) is 0 Å². The quantitative estimate of drug-likeness (QED) is 0.746. The van der Waals surface area contributed by atoms with E-state index in [2.05, 4.69) is 20.8 Å². The summed E-state index contributed by atoms with van der Waals surface area (Å²) in [6, 6.07) is 0. The van der Waals surface area contributed by atoms with Crippen molar-refractivity contribution in [1.82, 2.24) is 0 Å². The number of carbonyl (C=O) groups is 2. The van der Waals surface area contributed by atoms with E-state index >= 15 is 0 Å². The summed E-state index contributed by atoms with van der Waals surface area (Å²) >= 11 is 0. The molecular formula is C16H28O3. The van der Waals surface area contributed by atoms with Crippen molar-refractivity contribution >= 4 is 11.8 Å². The molecule has 3 nitrogen and oxygen atoms in total. The molecule has 1 saturated carbocycles. The van der Waals surface area contributed by atoms with Crippen LogP contribution >= 0.6 is 0 Å². The predicted octanol–water partition coefficient (Wildman–Crippen LogP) is 3.76. The molecule has 1 fully saturated rings. The summed E-state index contributed by atoms with van der Waals surface area (Å²) < 4.78 is 0. The van der Waals surface area contributed by atoms with E-state index in [0.29, 0.717) is 24.2 Å². The number of rotatable bonds is 6. The third-order valence-electron chi connectivity index (χ3n) is 4.61. The number of hydrogen-bond acceptors (Lipinski definition) is 2. The molecule has 0 bridgehead atoms. The second-order valence-corrected chi connectivity index (χ2v) is 6.52. The molecule has 1 aliphatic rings. The van der Waals surface area contributed by atoms with Crippen LogP contribution in [0.1, 0.15) is 59.8 Å².